The van der Waals surface area contributed by atoms with Gasteiger partial charge in [-0.1, -0.05) is 27.7 Å². The van der Waals surface area contributed by atoms with Crippen LogP contribution < -0.4 is 4.74 Å². The van der Waals surface area contributed by atoms with Crippen LogP contribution in [0.5, 0.6) is 5.75 Å². The molecule has 0 saturated carbocycles. The summed E-state index contributed by atoms with van der Waals surface area (Å²) < 4.78 is 5.78. The second kappa shape index (κ2) is 7.32. The van der Waals surface area contributed by atoms with Crippen LogP contribution in [-0.2, 0) is 6.42 Å². The highest BCUT2D eigenvalue weighted by molar-refractivity contribution is 5.94. The average molecular weight is 262 g/mol. The lowest BCUT2D eigenvalue weighted by Gasteiger charge is -2.12. The number of ketones is 1. The number of hydrogen-bond acceptors (Lipinski definition) is 2. The Balaban J connectivity index is 2.83. The van der Waals surface area contributed by atoms with E-state index in [4.69, 9.17) is 4.74 Å². The van der Waals surface area contributed by atoms with Crippen LogP contribution in [0.3, 0.4) is 0 Å². The van der Waals surface area contributed by atoms with Crippen LogP contribution in [0, 0.1) is 11.8 Å². The molecule has 0 unspecified atom stereocenters. The number of ether oxygens (including phenoxy) is 1. The normalized spacial score (nSPS) is 11.1. The lowest BCUT2D eigenvalue weighted by atomic mass is 9.99. The van der Waals surface area contributed by atoms with Crippen molar-refractivity contribution in [3.05, 3.63) is 29.3 Å². The molecule has 0 bridgehead atoms. The largest absolute Gasteiger partial charge is 0.494 e. The number of benzene rings is 1. The van der Waals surface area contributed by atoms with Crippen molar-refractivity contribution in [1.82, 2.24) is 0 Å². The van der Waals surface area contributed by atoms with Crippen molar-refractivity contribution < 1.29 is 9.53 Å². The van der Waals surface area contributed by atoms with E-state index in [9.17, 15) is 4.79 Å². The molecule has 106 valence electrons. The van der Waals surface area contributed by atoms with Gasteiger partial charge in [0.25, 0.3) is 0 Å². The van der Waals surface area contributed by atoms with Crippen LogP contribution >= 0.6 is 0 Å². The van der Waals surface area contributed by atoms with Crippen LogP contribution in [-0.4, -0.2) is 12.4 Å². The van der Waals surface area contributed by atoms with Crippen molar-refractivity contribution >= 4 is 5.78 Å². The van der Waals surface area contributed by atoms with Gasteiger partial charge < -0.3 is 4.74 Å². The highest BCUT2D eigenvalue weighted by atomic mass is 16.5. The Labute approximate surface area is 117 Å². The zero-order valence-electron chi connectivity index (χ0n) is 12.8. The molecule has 0 fully saturated rings. The topological polar surface area (TPSA) is 26.3 Å². The second-order valence-electron chi connectivity index (χ2n) is 6.05. The van der Waals surface area contributed by atoms with E-state index in [-0.39, 0.29) is 5.78 Å². The van der Waals surface area contributed by atoms with Gasteiger partial charge in [0.2, 0.25) is 0 Å². The summed E-state index contributed by atoms with van der Waals surface area (Å²) in [5, 5.41) is 0. The zero-order chi connectivity index (χ0) is 14.4. The summed E-state index contributed by atoms with van der Waals surface area (Å²) in [6.07, 6.45) is 2.01. The fourth-order valence-corrected chi connectivity index (χ4v) is 1.95. The predicted octanol–water partition coefficient (Wildman–Crippen LogP) is 4.51. The van der Waals surface area contributed by atoms with Crippen LogP contribution in [0.4, 0.5) is 0 Å². The van der Waals surface area contributed by atoms with Gasteiger partial charge in [0.15, 0.2) is 5.78 Å². The molecule has 0 aliphatic carbocycles. The predicted molar refractivity (Wildman–Crippen MR) is 79.9 cm³/mol. The minimum atomic E-state index is 0.0966. The molecule has 0 N–H and O–H groups in total. The fraction of sp³-hybridized carbons (Fsp3) is 0.588. The van der Waals surface area contributed by atoms with Gasteiger partial charge in [-0.3, -0.25) is 4.79 Å². The Kier molecular flexibility index (Phi) is 6.07. The van der Waals surface area contributed by atoms with Gasteiger partial charge in [-0.05, 0) is 55.4 Å². The third-order valence-corrected chi connectivity index (χ3v) is 2.98. The first-order valence-corrected chi connectivity index (χ1v) is 7.16. The Morgan fingerprint density at radius 2 is 1.79 bits per heavy atom. The Morgan fingerprint density at radius 3 is 2.32 bits per heavy atom. The lowest BCUT2D eigenvalue weighted by Crippen LogP contribution is -2.04. The number of Topliss-reactive ketones (excluding diaryl/α,β-unsaturated/α-hetero) is 1. The zero-order valence-corrected chi connectivity index (χ0v) is 12.8. The van der Waals surface area contributed by atoms with E-state index in [1.807, 2.05) is 12.1 Å². The summed E-state index contributed by atoms with van der Waals surface area (Å²) in [5.74, 6) is 2.13. The highest BCUT2D eigenvalue weighted by Gasteiger charge is 2.07. The minimum Gasteiger partial charge on any atom is -0.494 e. The fourth-order valence-electron chi connectivity index (χ4n) is 1.95. The van der Waals surface area contributed by atoms with Crippen LogP contribution in [0.2, 0.25) is 0 Å². The number of rotatable bonds is 7. The van der Waals surface area contributed by atoms with E-state index in [0.29, 0.717) is 18.4 Å². The molecule has 1 rings (SSSR count). The Bertz CT molecular complexity index is 419. The smallest absolute Gasteiger partial charge is 0.159 e. The molecule has 0 heterocycles. The summed E-state index contributed by atoms with van der Waals surface area (Å²) in [4.78, 5) is 11.6. The van der Waals surface area contributed by atoms with Crippen molar-refractivity contribution in [2.75, 3.05) is 6.61 Å². The van der Waals surface area contributed by atoms with Gasteiger partial charge in [-0.15, -0.1) is 0 Å². The van der Waals surface area contributed by atoms with Crippen LogP contribution in [0.25, 0.3) is 0 Å². The number of carbonyl (C=O) groups excluding carboxylic acids is 1. The molecular formula is C17H26O2. The van der Waals surface area contributed by atoms with Crippen molar-refractivity contribution in [1.29, 1.82) is 0 Å². The monoisotopic (exact) mass is 262 g/mol. The summed E-state index contributed by atoms with van der Waals surface area (Å²) in [7, 11) is 0. The van der Waals surface area contributed by atoms with E-state index >= 15 is 0 Å². The van der Waals surface area contributed by atoms with Crippen molar-refractivity contribution in [3.8, 4) is 5.75 Å². The molecule has 0 radical (unpaired) electrons. The maximum atomic E-state index is 11.6. The standard InChI is InChI=1S/C17H26O2/c1-12(2)6-7-19-17-10-15(8-13(3)4)9-16(11-17)14(5)18/h9-13H,6-8H2,1-5H3. The van der Waals surface area contributed by atoms with Crippen LogP contribution in [0.15, 0.2) is 18.2 Å². The first-order chi connectivity index (χ1) is 8.88. The maximum Gasteiger partial charge on any atom is 0.159 e. The first-order valence-electron chi connectivity index (χ1n) is 7.16. The van der Waals surface area contributed by atoms with Crippen molar-refractivity contribution in [2.45, 2.75) is 47.5 Å². The molecule has 0 atom stereocenters. The van der Waals surface area contributed by atoms with Gasteiger partial charge in [-0.25, -0.2) is 0 Å². The summed E-state index contributed by atoms with van der Waals surface area (Å²) in [6.45, 7) is 11.0. The molecule has 0 saturated heterocycles. The molecule has 0 aliphatic rings. The number of hydrogen-bond donors (Lipinski definition) is 0. The van der Waals surface area contributed by atoms with Gasteiger partial charge in [0, 0.05) is 5.56 Å². The molecule has 1 aromatic rings. The van der Waals surface area contributed by atoms with E-state index in [1.165, 1.54) is 5.56 Å². The minimum absolute atomic E-state index is 0.0966. The summed E-state index contributed by atoms with van der Waals surface area (Å²) in [5.41, 5.74) is 1.93. The van der Waals surface area contributed by atoms with E-state index in [1.54, 1.807) is 6.92 Å². The first kappa shape index (κ1) is 15.7. The molecule has 2 heteroatoms. The second-order valence-corrected chi connectivity index (χ2v) is 6.05. The number of carbonyl (C=O) groups is 1. The third kappa shape index (κ3) is 5.91. The van der Waals surface area contributed by atoms with E-state index in [2.05, 4.69) is 33.8 Å². The van der Waals surface area contributed by atoms with E-state index < -0.39 is 0 Å². The maximum absolute atomic E-state index is 11.6. The lowest BCUT2D eigenvalue weighted by molar-refractivity contribution is 0.101. The molecular weight excluding hydrogens is 236 g/mol. The van der Waals surface area contributed by atoms with Crippen LogP contribution in [0.1, 0.15) is 57.0 Å². The van der Waals surface area contributed by atoms with Gasteiger partial charge in [0.1, 0.15) is 5.75 Å². The summed E-state index contributed by atoms with van der Waals surface area (Å²) >= 11 is 0. The van der Waals surface area contributed by atoms with Gasteiger partial charge in [-0.2, -0.15) is 0 Å². The molecule has 1 aromatic carbocycles. The third-order valence-electron chi connectivity index (χ3n) is 2.98. The van der Waals surface area contributed by atoms with Crippen molar-refractivity contribution in [2.24, 2.45) is 11.8 Å². The van der Waals surface area contributed by atoms with Crippen molar-refractivity contribution in [3.63, 3.8) is 0 Å². The molecule has 0 spiro atoms. The highest BCUT2D eigenvalue weighted by Crippen LogP contribution is 2.21. The SMILES string of the molecule is CC(=O)c1cc(CC(C)C)cc(OCCC(C)C)c1. The summed E-state index contributed by atoms with van der Waals surface area (Å²) in [6, 6.07) is 5.90. The van der Waals surface area contributed by atoms with E-state index in [0.717, 1.165) is 24.2 Å². The Morgan fingerprint density at radius 1 is 1.11 bits per heavy atom. The Hall–Kier alpha value is -1.31. The molecule has 0 aromatic heterocycles. The molecule has 0 amide bonds. The molecule has 19 heavy (non-hydrogen) atoms. The quantitative estimate of drug-likeness (QED) is 0.676. The molecule has 2 nitrogen and oxygen atoms in total. The van der Waals surface area contributed by atoms with Gasteiger partial charge in [0.05, 0.1) is 6.61 Å². The van der Waals surface area contributed by atoms with Gasteiger partial charge >= 0.3 is 0 Å². The molecule has 0 aliphatic heterocycles. The average Bonchev–Trinajstić information content (AvgIpc) is 2.27.